The highest BCUT2D eigenvalue weighted by Gasteiger charge is 2.26. The highest BCUT2D eigenvalue weighted by Crippen LogP contribution is 2.40. The molecule has 0 aliphatic heterocycles. The van der Waals surface area contributed by atoms with Crippen LogP contribution in [0, 0.1) is 17.3 Å². The third kappa shape index (κ3) is 5.23. The Kier molecular flexibility index (Phi) is 6.55. The van der Waals surface area contributed by atoms with Crippen molar-refractivity contribution in [3.05, 3.63) is 47.1 Å². The molecule has 0 heterocycles. The molecule has 0 fully saturated rings. The van der Waals surface area contributed by atoms with E-state index >= 15 is 0 Å². The Balaban J connectivity index is 2.67. The number of hydrogen-bond acceptors (Lipinski definition) is 1. The molecule has 1 rings (SSSR count). The van der Waals surface area contributed by atoms with Gasteiger partial charge in [0.2, 0.25) is 0 Å². The predicted octanol–water partition coefficient (Wildman–Crippen LogP) is 4.57. The first-order valence-corrected chi connectivity index (χ1v) is 7.30. The summed E-state index contributed by atoms with van der Waals surface area (Å²) in [5.41, 5.74) is 4.17. The van der Waals surface area contributed by atoms with Crippen LogP contribution in [-0.2, 0) is 0 Å². The number of aliphatic hydroxyl groups excluding tert-OH is 1. The molecule has 0 aromatic carbocycles. The summed E-state index contributed by atoms with van der Waals surface area (Å²) >= 11 is 0. The molecule has 1 nitrogen and oxygen atoms in total. The van der Waals surface area contributed by atoms with Gasteiger partial charge in [0.1, 0.15) is 0 Å². The lowest BCUT2D eigenvalue weighted by Crippen LogP contribution is -2.18. The van der Waals surface area contributed by atoms with E-state index < -0.39 is 0 Å². The van der Waals surface area contributed by atoms with Gasteiger partial charge in [-0.05, 0) is 61.8 Å². The maximum Gasteiger partial charge on any atom is 0.0624 e. The molecule has 0 bridgehead atoms. The average molecular weight is 270 g/mol. The van der Waals surface area contributed by atoms with Crippen LogP contribution < -0.4 is 0 Å². The fourth-order valence-corrected chi connectivity index (χ4v) is 2.61. The van der Waals surface area contributed by atoms with E-state index in [0.29, 0.717) is 5.41 Å². The van der Waals surface area contributed by atoms with Crippen LogP contribution in [0.4, 0.5) is 0 Å². The number of aliphatic hydroxyl groups is 1. The minimum atomic E-state index is 0.0483. The smallest absolute Gasteiger partial charge is 0.0624 e. The summed E-state index contributed by atoms with van der Waals surface area (Å²) in [7, 11) is 0. The van der Waals surface area contributed by atoms with Gasteiger partial charge in [-0.25, -0.2) is 0 Å². The first kappa shape index (κ1) is 16.5. The largest absolute Gasteiger partial charge is 0.392 e. The Morgan fingerprint density at radius 3 is 2.75 bits per heavy atom. The minimum Gasteiger partial charge on any atom is -0.392 e. The Bertz CT molecular complexity index is 502. The summed E-state index contributed by atoms with van der Waals surface area (Å²) in [6.45, 7) is 8.83. The van der Waals surface area contributed by atoms with E-state index in [4.69, 9.17) is 5.11 Å². The molecule has 0 aromatic heterocycles. The summed E-state index contributed by atoms with van der Waals surface area (Å²) in [6, 6.07) is 0. The topological polar surface area (TPSA) is 20.2 Å². The van der Waals surface area contributed by atoms with Crippen molar-refractivity contribution in [1.82, 2.24) is 0 Å². The summed E-state index contributed by atoms with van der Waals surface area (Å²) in [4.78, 5) is 0. The quantitative estimate of drug-likeness (QED) is 0.588. The molecule has 1 aliphatic rings. The predicted molar refractivity (Wildman–Crippen MR) is 87.2 cm³/mol. The van der Waals surface area contributed by atoms with Crippen molar-refractivity contribution in [3.63, 3.8) is 0 Å². The van der Waals surface area contributed by atoms with Gasteiger partial charge in [-0.1, -0.05) is 49.5 Å². The van der Waals surface area contributed by atoms with Gasteiger partial charge in [-0.3, -0.25) is 0 Å². The highest BCUT2D eigenvalue weighted by molar-refractivity contribution is 5.36. The van der Waals surface area contributed by atoms with Gasteiger partial charge in [-0.2, -0.15) is 0 Å². The number of allylic oxidation sites excluding steroid dienone is 7. The fraction of sp³-hybridized carbons (Fsp3) is 0.474. The molecular formula is C19H26O. The van der Waals surface area contributed by atoms with Crippen molar-refractivity contribution in [2.75, 3.05) is 6.61 Å². The average Bonchev–Trinajstić information content (AvgIpc) is 2.36. The van der Waals surface area contributed by atoms with Gasteiger partial charge in [0.15, 0.2) is 0 Å². The Morgan fingerprint density at radius 2 is 2.10 bits per heavy atom. The third-order valence-electron chi connectivity index (χ3n) is 3.76. The third-order valence-corrected chi connectivity index (χ3v) is 3.76. The van der Waals surface area contributed by atoms with E-state index in [1.807, 2.05) is 19.1 Å². The van der Waals surface area contributed by atoms with E-state index in [0.717, 1.165) is 5.57 Å². The molecule has 1 aliphatic carbocycles. The summed E-state index contributed by atoms with van der Waals surface area (Å²) in [6.07, 6.45) is 13.6. The molecular weight excluding hydrogens is 244 g/mol. The maximum absolute atomic E-state index is 8.72. The summed E-state index contributed by atoms with van der Waals surface area (Å²) in [5, 5.41) is 8.72. The van der Waals surface area contributed by atoms with E-state index in [1.165, 1.54) is 30.4 Å². The van der Waals surface area contributed by atoms with Crippen molar-refractivity contribution in [3.8, 4) is 11.8 Å². The molecule has 0 saturated carbocycles. The van der Waals surface area contributed by atoms with E-state index in [1.54, 1.807) is 6.08 Å². The van der Waals surface area contributed by atoms with Crippen molar-refractivity contribution >= 4 is 0 Å². The first-order valence-electron chi connectivity index (χ1n) is 7.30. The second kappa shape index (κ2) is 7.92. The molecule has 0 saturated heterocycles. The Hall–Kier alpha value is -1.52. The number of hydrogen-bond donors (Lipinski definition) is 1. The normalized spacial score (nSPS) is 19.6. The standard InChI is InChI=1S/C19H26O/c1-16(13-15-20)10-7-5-6-8-12-18-17(2)11-9-14-19(18,3)4/h5-6,8,12-13,20H,9,11,14-15H2,1-4H3/b6-5+,12-8+,16-13+. The second-order valence-electron chi connectivity index (χ2n) is 5.99. The monoisotopic (exact) mass is 270 g/mol. The Labute approximate surface area is 123 Å². The van der Waals surface area contributed by atoms with Crippen molar-refractivity contribution in [2.45, 2.75) is 47.0 Å². The van der Waals surface area contributed by atoms with Crippen LogP contribution in [0.1, 0.15) is 47.0 Å². The molecule has 1 heteroatoms. The zero-order chi connectivity index (χ0) is 15.0. The molecule has 0 aromatic rings. The lowest BCUT2D eigenvalue weighted by Gasteiger charge is -2.32. The van der Waals surface area contributed by atoms with Gasteiger partial charge in [0, 0.05) is 0 Å². The van der Waals surface area contributed by atoms with E-state index in [-0.39, 0.29) is 6.61 Å². The zero-order valence-corrected chi connectivity index (χ0v) is 13.2. The highest BCUT2D eigenvalue weighted by atomic mass is 16.2. The SMILES string of the molecule is CC1=C(/C=C/C=C/C#C/C(C)=C/CO)C(C)(C)CCC1. The molecule has 0 atom stereocenters. The minimum absolute atomic E-state index is 0.0483. The lowest BCUT2D eigenvalue weighted by molar-refractivity contribution is 0.342. The number of rotatable bonds is 3. The van der Waals surface area contributed by atoms with E-state index in [2.05, 4.69) is 44.8 Å². The molecule has 108 valence electrons. The summed E-state index contributed by atoms with van der Waals surface area (Å²) < 4.78 is 0. The van der Waals surface area contributed by atoms with Crippen LogP contribution in [0.2, 0.25) is 0 Å². The Morgan fingerprint density at radius 1 is 1.35 bits per heavy atom. The summed E-state index contributed by atoms with van der Waals surface area (Å²) in [5.74, 6) is 5.93. The molecule has 20 heavy (non-hydrogen) atoms. The van der Waals surface area contributed by atoms with Crippen molar-refractivity contribution in [2.24, 2.45) is 5.41 Å². The van der Waals surface area contributed by atoms with Crippen LogP contribution in [0.25, 0.3) is 0 Å². The molecule has 1 N–H and O–H groups in total. The molecule has 0 spiro atoms. The second-order valence-corrected chi connectivity index (χ2v) is 5.99. The van der Waals surface area contributed by atoms with Gasteiger partial charge in [0.25, 0.3) is 0 Å². The maximum atomic E-state index is 8.72. The lowest BCUT2D eigenvalue weighted by atomic mass is 9.73. The van der Waals surface area contributed by atoms with Crippen LogP contribution in [0.5, 0.6) is 0 Å². The fourth-order valence-electron chi connectivity index (χ4n) is 2.61. The van der Waals surface area contributed by atoms with Crippen molar-refractivity contribution in [1.29, 1.82) is 0 Å². The van der Waals surface area contributed by atoms with Crippen LogP contribution in [-0.4, -0.2) is 11.7 Å². The van der Waals surface area contributed by atoms with Crippen LogP contribution in [0.3, 0.4) is 0 Å². The first-order chi connectivity index (χ1) is 9.47. The van der Waals surface area contributed by atoms with Gasteiger partial charge in [0.05, 0.1) is 6.61 Å². The zero-order valence-electron chi connectivity index (χ0n) is 13.2. The van der Waals surface area contributed by atoms with Crippen molar-refractivity contribution < 1.29 is 5.11 Å². The van der Waals surface area contributed by atoms with Gasteiger partial charge in [-0.15, -0.1) is 0 Å². The van der Waals surface area contributed by atoms with Gasteiger partial charge >= 0.3 is 0 Å². The molecule has 0 unspecified atom stereocenters. The van der Waals surface area contributed by atoms with E-state index in [9.17, 15) is 0 Å². The van der Waals surface area contributed by atoms with Crippen LogP contribution in [0.15, 0.2) is 47.1 Å². The molecule has 0 radical (unpaired) electrons. The van der Waals surface area contributed by atoms with Gasteiger partial charge < -0.3 is 5.11 Å². The molecule has 0 amide bonds. The van der Waals surface area contributed by atoms with Crippen LogP contribution >= 0.6 is 0 Å².